The summed E-state index contributed by atoms with van der Waals surface area (Å²) < 4.78 is 26.0. The largest absolute Gasteiger partial charge is 0.320 e. The zero-order chi connectivity index (χ0) is 11.5. The molecule has 0 aliphatic heterocycles. The summed E-state index contributed by atoms with van der Waals surface area (Å²) in [5.74, 6) is -0.686. The van der Waals surface area contributed by atoms with E-state index in [2.05, 4.69) is 0 Å². The maximum Gasteiger partial charge on any atom is 0.123 e. The highest BCUT2D eigenvalue weighted by Gasteiger charge is 2.09. The lowest BCUT2D eigenvalue weighted by Crippen LogP contribution is -2.12. The first kappa shape index (κ1) is 10.8. The van der Waals surface area contributed by atoms with Crippen LogP contribution in [-0.2, 0) is 0 Å². The summed E-state index contributed by atoms with van der Waals surface area (Å²) in [6.45, 7) is 0. The van der Waals surface area contributed by atoms with E-state index in [1.807, 2.05) is 0 Å². The minimum absolute atomic E-state index is 0.343. The average Bonchev–Trinajstić information content (AvgIpc) is 2.28. The molecule has 3 heteroatoms. The molecule has 0 aromatic heterocycles. The van der Waals surface area contributed by atoms with Gasteiger partial charge in [0.05, 0.1) is 6.04 Å². The Balaban J connectivity index is 2.35. The normalized spacial score (nSPS) is 10.8. The van der Waals surface area contributed by atoms with Crippen LogP contribution < -0.4 is 5.73 Å². The zero-order valence-corrected chi connectivity index (χ0v) is 8.53. The molecule has 0 unspecified atom stereocenters. The van der Waals surface area contributed by atoms with Gasteiger partial charge in [-0.1, -0.05) is 24.3 Å². The average molecular weight is 219 g/mol. The molecule has 0 atom stereocenters. The van der Waals surface area contributed by atoms with Crippen LogP contribution in [0, 0.1) is 11.6 Å². The summed E-state index contributed by atoms with van der Waals surface area (Å²) in [4.78, 5) is 0. The van der Waals surface area contributed by atoms with Crippen molar-refractivity contribution in [3.63, 3.8) is 0 Å². The number of nitrogens with two attached hydrogens (primary N) is 1. The first-order chi connectivity index (χ1) is 7.66. The second-order valence-electron chi connectivity index (χ2n) is 3.59. The van der Waals surface area contributed by atoms with Crippen molar-refractivity contribution in [1.29, 1.82) is 0 Å². The standard InChI is InChI=1S/C13H11F2N/c14-11-5-1-3-9(7-11)13(16)10-4-2-6-12(15)8-10/h1-8,13H,16H2. The zero-order valence-electron chi connectivity index (χ0n) is 8.53. The molecular weight excluding hydrogens is 208 g/mol. The lowest BCUT2D eigenvalue weighted by molar-refractivity contribution is 0.619. The molecule has 0 bridgehead atoms. The number of rotatable bonds is 2. The van der Waals surface area contributed by atoms with E-state index in [1.54, 1.807) is 24.3 Å². The van der Waals surface area contributed by atoms with Crippen molar-refractivity contribution in [2.75, 3.05) is 0 Å². The van der Waals surface area contributed by atoms with Gasteiger partial charge in [0.25, 0.3) is 0 Å². The maximum absolute atomic E-state index is 13.0. The summed E-state index contributed by atoms with van der Waals surface area (Å²) >= 11 is 0. The predicted molar refractivity (Wildman–Crippen MR) is 58.8 cm³/mol. The number of hydrogen-bond donors (Lipinski definition) is 1. The minimum atomic E-state index is -0.508. The van der Waals surface area contributed by atoms with Crippen LogP contribution in [0.25, 0.3) is 0 Å². The Labute approximate surface area is 92.5 Å². The van der Waals surface area contributed by atoms with Gasteiger partial charge in [-0.2, -0.15) is 0 Å². The van der Waals surface area contributed by atoms with Crippen LogP contribution in [0.5, 0.6) is 0 Å². The van der Waals surface area contributed by atoms with E-state index in [9.17, 15) is 8.78 Å². The molecule has 2 N–H and O–H groups in total. The molecule has 0 amide bonds. The third kappa shape index (κ3) is 2.25. The highest BCUT2D eigenvalue weighted by Crippen LogP contribution is 2.20. The molecule has 0 radical (unpaired) electrons. The fraction of sp³-hybridized carbons (Fsp3) is 0.0769. The molecule has 2 rings (SSSR count). The van der Waals surface area contributed by atoms with Crippen LogP contribution in [0.15, 0.2) is 48.5 Å². The van der Waals surface area contributed by atoms with E-state index in [1.165, 1.54) is 24.3 Å². The van der Waals surface area contributed by atoms with Crippen molar-refractivity contribution >= 4 is 0 Å². The van der Waals surface area contributed by atoms with Gasteiger partial charge >= 0.3 is 0 Å². The van der Waals surface area contributed by atoms with Gasteiger partial charge in [-0.25, -0.2) is 8.78 Å². The summed E-state index contributed by atoms with van der Waals surface area (Å²) in [6.07, 6.45) is 0. The number of benzene rings is 2. The van der Waals surface area contributed by atoms with Gasteiger partial charge in [0.15, 0.2) is 0 Å². The van der Waals surface area contributed by atoms with Gasteiger partial charge in [-0.15, -0.1) is 0 Å². The monoisotopic (exact) mass is 219 g/mol. The van der Waals surface area contributed by atoms with Gasteiger partial charge < -0.3 is 5.73 Å². The Morgan fingerprint density at radius 1 is 0.812 bits per heavy atom. The second-order valence-corrected chi connectivity index (χ2v) is 3.59. The SMILES string of the molecule is NC(c1cccc(F)c1)c1cccc(F)c1. The molecule has 82 valence electrons. The Kier molecular flexibility index (Phi) is 2.97. The van der Waals surface area contributed by atoms with Crippen molar-refractivity contribution in [1.82, 2.24) is 0 Å². The first-order valence-corrected chi connectivity index (χ1v) is 4.93. The van der Waals surface area contributed by atoms with Gasteiger partial charge in [0.2, 0.25) is 0 Å². The van der Waals surface area contributed by atoms with E-state index in [0.29, 0.717) is 11.1 Å². The number of hydrogen-bond acceptors (Lipinski definition) is 1. The molecular formula is C13H11F2N. The molecule has 16 heavy (non-hydrogen) atoms. The molecule has 2 aromatic rings. The first-order valence-electron chi connectivity index (χ1n) is 4.93. The third-order valence-electron chi connectivity index (χ3n) is 2.42. The molecule has 0 heterocycles. The van der Waals surface area contributed by atoms with Crippen LogP contribution >= 0.6 is 0 Å². The van der Waals surface area contributed by atoms with Crippen LogP contribution in [0.4, 0.5) is 8.78 Å². The minimum Gasteiger partial charge on any atom is -0.320 e. The Morgan fingerprint density at radius 2 is 1.25 bits per heavy atom. The molecule has 0 aliphatic carbocycles. The molecule has 1 nitrogen and oxygen atoms in total. The van der Waals surface area contributed by atoms with Crippen molar-refractivity contribution < 1.29 is 8.78 Å². The molecule has 0 saturated heterocycles. The lowest BCUT2D eigenvalue weighted by atomic mass is 9.99. The number of halogens is 2. The van der Waals surface area contributed by atoms with Crippen LogP contribution in [0.2, 0.25) is 0 Å². The van der Waals surface area contributed by atoms with Crippen LogP contribution in [0.3, 0.4) is 0 Å². The van der Waals surface area contributed by atoms with Gasteiger partial charge in [-0.3, -0.25) is 0 Å². The highest BCUT2D eigenvalue weighted by atomic mass is 19.1. The van der Waals surface area contributed by atoms with Crippen molar-refractivity contribution in [2.45, 2.75) is 6.04 Å². The molecule has 0 fully saturated rings. The topological polar surface area (TPSA) is 26.0 Å². The summed E-state index contributed by atoms with van der Waals surface area (Å²) in [5, 5.41) is 0. The quantitative estimate of drug-likeness (QED) is 0.825. The summed E-state index contributed by atoms with van der Waals surface area (Å²) in [5.41, 5.74) is 7.18. The predicted octanol–water partition coefficient (Wildman–Crippen LogP) is 3.01. The van der Waals surface area contributed by atoms with Crippen molar-refractivity contribution in [2.24, 2.45) is 5.73 Å². The smallest absolute Gasteiger partial charge is 0.123 e. The van der Waals surface area contributed by atoms with Crippen molar-refractivity contribution in [3.8, 4) is 0 Å². The van der Waals surface area contributed by atoms with E-state index in [-0.39, 0.29) is 11.6 Å². The Bertz CT molecular complexity index is 451. The summed E-state index contributed by atoms with van der Waals surface area (Å²) in [6, 6.07) is 11.5. The summed E-state index contributed by atoms with van der Waals surface area (Å²) in [7, 11) is 0. The van der Waals surface area contributed by atoms with Crippen molar-refractivity contribution in [3.05, 3.63) is 71.3 Å². The van der Waals surface area contributed by atoms with Gasteiger partial charge in [0, 0.05) is 0 Å². The third-order valence-corrected chi connectivity index (χ3v) is 2.42. The second kappa shape index (κ2) is 4.41. The van der Waals surface area contributed by atoms with E-state index >= 15 is 0 Å². The molecule has 0 saturated carbocycles. The molecule has 0 aliphatic rings. The molecule has 0 spiro atoms. The molecule has 2 aromatic carbocycles. The van der Waals surface area contributed by atoms with E-state index in [0.717, 1.165) is 0 Å². The Morgan fingerprint density at radius 3 is 1.62 bits per heavy atom. The van der Waals surface area contributed by atoms with Crippen LogP contribution in [-0.4, -0.2) is 0 Å². The fourth-order valence-electron chi connectivity index (χ4n) is 1.59. The van der Waals surface area contributed by atoms with Gasteiger partial charge in [-0.05, 0) is 35.4 Å². The maximum atomic E-state index is 13.0. The van der Waals surface area contributed by atoms with E-state index < -0.39 is 6.04 Å². The highest BCUT2D eigenvalue weighted by molar-refractivity contribution is 5.31. The van der Waals surface area contributed by atoms with E-state index in [4.69, 9.17) is 5.73 Å². The Hall–Kier alpha value is -1.74. The lowest BCUT2D eigenvalue weighted by Gasteiger charge is -2.12. The van der Waals surface area contributed by atoms with Crippen LogP contribution in [0.1, 0.15) is 17.2 Å². The fourth-order valence-corrected chi connectivity index (χ4v) is 1.59. The van der Waals surface area contributed by atoms with Gasteiger partial charge in [0.1, 0.15) is 11.6 Å².